The van der Waals surface area contributed by atoms with Gasteiger partial charge in [-0.3, -0.25) is 4.79 Å². The van der Waals surface area contributed by atoms with Crippen molar-refractivity contribution in [1.29, 1.82) is 0 Å². The number of hydrogen-bond donors (Lipinski definition) is 1. The van der Waals surface area contributed by atoms with Crippen LogP contribution < -0.4 is 10.6 Å². The molecule has 1 saturated heterocycles. The first-order valence-corrected chi connectivity index (χ1v) is 8.49. The summed E-state index contributed by atoms with van der Waals surface area (Å²) in [6.07, 6.45) is 4.03. The maximum atomic E-state index is 12.5. The van der Waals surface area contributed by atoms with E-state index in [1.165, 1.54) is 17.7 Å². The number of benzene rings is 1. The molecule has 120 valence electrons. The molecule has 1 aromatic rings. The fourth-order valence-corrected chi connectivity index (χ4v) is 3.79. The molecule has 4 heteroatoms. The molecule has 2 atom stereocenters. The molecule has 0 aromatic heterocycles. The number of anilines is 1. The Hall–Kier alpha value is -1.55. The van der Waals surface area contributed by atoms with Gasteiger partial charge >= 0.3 is 0 Å². The number of para-hydroxylation sites is 1. The molecule has 3 rings (SSSR count). The highest BCUT2D eigenvalue weighted by Gasteiger charge is 2.29. The average Bonchev–Trinajstić information content (AvgIpc) is 2.93. The van der Waals surface area contributed by atoms with Crippen LogP contribution >= 0.6 is 0 Å². The molecule has 0 radical (unpaired) electrons. The first kappa shape index (κ1) is 15.3. The van der Waals surface area contributed by atoms with E-state index in [4.69, 9.17) is 5.73 Å². The fourth-order valence-electron chi connectivity index (χ4n) is 3.79. The van der Waals surface area contributed by atoms with Gasteiger partial charge in [-0.15, -0.1) is 0 Å². The minimum Gasteiger partial charge on any atom is -0.368 e. The highest BCUT2D eigenvalue weighted by Crippen LogP contribution is 2.28. The van der Waals surface area contributed by atoms with Gasteiger partial charge in [-0.1, -0.05) is 24.6 Å². The van der Waals surface area contributed by atoms with E-state index in [9.17, 15) is 4.79 Å². The number of carbonyl (C=O) groups excluding carboxylic acids is 1. The SMILES string of the molecule is Cc1ccccc1N1CCN(C(=O)C[C@@H]2CCC[C@H]2N)CC1. The Labute approximate surface area is 133 Å². The third kappa shape index (κ3) is 3.27. The van der Waals surface area contributed by atoms with Crippen molar-refractivity contribution in [3.05, 3.63) is 29.8 Å². The maximum Gasteiger partial charge on any atom is 0.223 e. The monoisotopic (exact) mass is 301 g/mol. The Morgan fingerprint density at radius 3 is 2.55 bits per heavy atom. The highest BCUT2D eigenvalue weighted by molar-refractivity contribution is 5.77. The Morgan fingerprint density at radius 2 is 1.91 bits per heavy atom. The van der Waals surface area contributed by atoms with Crippen LogP contribution in [0, 0.1) is 12.8 Å². The Balaban J connectivity index is 1.53. The zero-order valence-corrected chi connectivity index (χ0v) is 13.5. The molecular weight excluding hydrogens is 274 g/mol. The molecule has 0 spiro atoms. The molecule has 1 aliphatic carbocycles. The van der Waals surface area contributed by atoms with Gasteiger partial charge in [0.2, 0.25) is 5.91 Å². The predicted molar refractivity (Wildman–Crippen MR) is 89.9 cm³/mol. The molecule has 1 aliphatic heterocycles. The van der Waals surface area contributed by atoms with Crippen LogP contribution in [-0.2, 0) is 4.79 Å². The highest BCUT2D eigenvalue weighted by atomic mass is 16.2. The van der Waals surface area contributed by atoms with E-state index in [1.807, 2.05) is 4.90 Å². The summed E-state index contributed by atoms with van der Waals surface area (Å²) in [5, 5.41) is 0. The van der Waals surface area contributed by atoms with Crippen molar-refractivity contribution in [3.63, 3.8) is 0 Å². The summed E-state index contributed by atoms with van der Waals surface area (Å²) in [7, 11) is 0. The van der Waals surface area contributed by atoms with Gasteiger partial charge in [-0.2, -0.15) is 0 Å². The van der Waals surface area contributed by atoms with Crippen molar-refractivity contribution >= 4 is 11.6 Å². The Kier molecular flexibility index (Phi) is 4.67. The van der Waals surface area contributed by atoms with Crippen molar-refractivity contribution in [2.24, 2.45) is 11.7 Å². The van der Waals surface area contributed by atoms with Gasteiger partial charge in [0.15, 0.2) is 0 Å². The van der Waals surface area contributed by atoms with Crippen molar-refractivity contribution in [2.75, 3.05) is 31.1 Å². The van der Waals surface area contributed by atoms with E-state index in [0.29, 0.717) is 18.2 Å². The van der Waals surface area contributed by atoms with Crippen LogP contribution in [0.25, 0.3) is 0 Å². The van der Waals surface area contributed by atoms with Crippen LogP contribution in [0.1, 0.15) is 31.2 Å². The molecule has 0 unspecified atom stereocenters. The molecule has 1 amide bonds. The zero-order chi connectivity index (χ0) is 15.5. The van der Waals surface area contributed by atoms with Crippen LogP contribution in [0.15, 0.2) is 24.3 Å². The first-order valence-electron chi connectivity index (χ1n) is 8.49. The largest absolute Gasteiger partial charge is 0.368 e. The topological polar surface area (TPSA) is 49.6 Å². The number of nitrogens with zero attached hydrogens (tertiary/aromatic N) is 2. The van der Waals surface area contributed by atoms with Gasteiger partial charge in [0.05, 0.1) is 0 Å². The Bertz CT molecular complexity index is 523. The number of amides is 1. The van der Waals surface area contributed by atoms with Gasteiger partial charge in [0.25, 0.3) is 0 Å². The Morgan fingerprint density at radius 1 is 1.18 bits per heavy atom. The number of hydrogen-bond acceptors (Lipinski definition) is 3. The average molecular weight is 301 g/mol. The van der Waals surface area contributed by atoms with Gasteiger partial charge in [0.1, 0.15) is 0 Å². The van der Waals surface area contributed by atoms with Crippen LogP contribution in [0.3, 0.4) is 0 Å². The molecule has 1 saturated carbocycles. The summed E-state index contributed by atoms with van der Waals surface area (Å²) >= 11 is 0. The number of aryl methyl sites for hydroxylation is 1. The van der Waals surface area contributed by atoms with Crippen LogP contribution in [-0.4, -0.2) is 43.0 Å². The van der Waals surface area contributed by atoms with Crippen LogP contribution in [0.5, 0.6) is 0 Å². The summed E-state index contributed by atoms with van der Waals surface area (Å²) in [5.41, 5.74) is 8.70. The summed E-state index contributed by atoms with van der Waals surface area (Å²) in [6, 6.07) is 8.71. The second kappa shape index (κ2) is 6.69. The van der Waals surface area contributed by atoms with Gasteiger partial charge in [-0.25, -0.2) is 0 Å². The predicted octanol–water partition coefficient (Wildman–Crippen LogP) is 2.16. The van der Waals surface area contributed by atoms with Crippen LogP contribution in [0.4, 0.5) is 5.69 Å². The normalized spacial score (nSPS) is 25.5. The van der Waals surface area contributed by atoms with Crippen molar-refractivity contribution in [2.45, 2.75) is 38.6 Å². The molecule has 2 N–H and O–H groups in total. The van der Waals surface area contributed by atoms with Crippen molar-refractivity contribution in [3.8, 4) is 0 Å². The van der Waals surface area contributed by atoms with E-state index in [2.05, 4.69) is 36.1 Å². The lowest BCUT2D eigenvalue weighted by Crippen LogP contribution is -2.49. The van der Waals surface area contributed by atoms with E-state index in [-0.39, 0.29) is 6.04 Å². The van der Waals surface area contributed by atoms with E-state index >= 15 is 0 Å². The standard InChI is InChI=1S/C18H27N3O/c1-14-5-2-3-8-17(14)20-9-11-21(12-10-20)18(22)13-15-6-4-7-16(15)19/h2-3,5,8,15-16H,4,6-7,9-13,19H2,1H3/t15-,16+/m0/s1. The smallest absolute Gasteiger partial charge is 0.223 e. The molecular formula is C18H27N3O. The molecule has 2 aliphatic rings. The molecule has 2 fully saturated rings. The number of rotatable bonds is 3. The second-order valence-corrected chi connectivity index (χ2v) is 6.71. The molecule has 4 nitrogen and oxygen atoms in total. The first-order chi connectivity index (χ1) is 10.6. The number of piperazine rings is 1. The third-order valence-electron chi connectivity index (χ3n) is 5.24. The quantitative estimate of drug-likeness (QED) is 0.931. The lowest BCUT2D eigenvalue weighted by atomic mass is 9.99. The third-order valence-corrected chi connectivity index (χ3v) is 5.24. The minimum atomic E-state index is 0.234. The van der Waals surface area contributed by atoms with Crippen molar-refractivity contribution in [1.82, 2.24) is 4.90 Å². The lowest BCUT2D eigenvalue weighted by molar-refractivity contribution is -0.132. The number of carbonyl (C=O) groups is 1. The van der Waals surface area contributed by atoms with Gasteiger partial charge in [-0.05, 0) is 37.3 Å². The van der Waals surface area contributed by atoms with Crippen molar-refractivity contribution < 1.29 is 4.79 Å². The minimum absolute atomic E-state index is 0.234. The number of nitrogens with two attached hydrogens (primary N) is 1. The maximum absolute atomic E-state index is 12.5. The summed E-state index contributed by atoms with van der Waals surface area (Å²) < 4.78 is 0. The molecule has 22 heavy (non-hydrogen) atoms. The zero-order valence-electron chi connectivity index (χ0n) is 13.5. The fraction of sp³-hybridized carbons (Fsp3) is 0.611. The van der Waals surface area contributed by atoms with Gasteiger partial charge < -0.3 is 15.5 Å². The van der Waals surface area contributed by atoms with Crippen LogP contribution in [0.2, 0.25) is 0 Å². The molecule has 0 bridgehead atoms. The molecule has 1 heterocycles. The van der Waals surface area contributed by atoms with E-state index in [0.717, 1.165) is 39.0 Å². The van der Waals surface area contributed by atoms with Gasteiger partial charge in [0, 0.05) is 44.3 Å². The van der Waals surface area contributed by atoms with E-state index in [1.54, 1.807) is 0 Å². The lowest BCUT2D eigenvalue weighted by Gasteiger charge is -2.37. The van der Waals surface area contributed by atoms with E-state index < -0.39 is 0 Å². The molecule has 1 aromatic carbocycles. The summed E-state index contributed by atoms with van der Waals surface area (Å²) in [5.74, 6) is 0.702. The summed E-state index contributed by atoms with van der Waals surface area (Å²) in [4.78, 5) is 16.9. The summed E-state index contributed by atoms with van der Waals surface area (Å²) in [6.45, 7) is 5.65. The second-order valence-electron chi connectivity index (χ2n) is 6.71.